The number of nitrogens with zero attached hydrogens (tertiary/aromatic N) is 2. The summed E-state index contributed by atoms with van der Waals surface area (Å²) in [6, 6.07) is 9.89. The summed E-state index contributed by atoms with van der Waals surface area (Å²) < 4.78 is 0. The predicted molar refractivity (Wildman–Crippen MR) is 84.8 cm³/mol. The molecule has 0 radical (unpaired) electrons. The summed E-state index contributed by atoms with van der Waals surface area (Å²) in [7, 11) is 0. The van der Waals surface area contributed by atoms with Crippen molar-refractivity contribution < 1.29 is 0 Å². The van der Waals surface area contributed by atoms with Gasteiger partial charge in [0, 0.05) is 30.9 Å². The van der Waals surface area contributed by atoms with Gasteiger partial charge in [0.05, 0.1) is 0 Å². The molecule has 0 saturated carbocycles. The Labute approximate surface area is 122 Å². The van der Waals surface area contributed by atoms with E-state index in [2.05, 4.69) is 28.9 Å². The Morgan fingerprint density at radius 1 is 1.20 bits per heavy atom. The Hall–Kier alpha value is -1.06. The Kier molecular flexibility index (Phi) is 4.27. The number of hydrogen-bond acceptors (Lipinski definition) is 3. The highest BCUT2D eigenvalue weighted by Crippen LogP contribution is 2.24. The fourth-order valence-electron chi connectivity index (χ4n) is 3.73. The topological polar surface area (TPSA) is 32.5 Å². The first-order valence-corrected chi connectivity index (χ1v) is 8.05. The lowest BCUT2D eigenvalue weighted by Crippen LogP contribution is -2.55. The normalized spacial score (nSPS) is 27.6. The SMILES string of the molecule is CC1CN2CCCC2CN1CCCc1ccc(N)cc1. The number of nitrogen functional groups attached to an aromatic ring is 1. The van der Waals surface area contributed by atoms with Crippen molar-refractivity contribution >= 4 is 5.69 Å². The second kappa shape index (κ2) is 6.15. The summed E-state index contributed by atoms with van der Waals surface area (Å²) >= 11 is 0. The molecule has 1 aromatic carbocycles. The Bertz CT molecular complexity index is 428. The fraction of sp³-hybridized carbons (Fsp3) is 0.647. The minimum atomic E-state index is 0.718. The van der Waals surface area contributed by atoms with E-state index in [0.29, 0.717) is 0 Å². The van der Waals surface area contributed by atoms with Crippen molar-refractivity contribution in [1.82, 2.24) is 9.80 Å². The fourth-order valence-corrected chi connectivity index (χ4v) is 3.73. The van der Waals surface area contributed by atoms with E-state index >= 15 is 0 Å². The third-order valence-electron chi connectivity index (χ3n) is 4.96. The van der Waals surface area contributed by atoms with Gasteiger partial charge in [0.15, 0.2) is 0 Å². The molecule has 110 valence electrons. The van der Waals surface area contributed by atoms with Gasteiger partial charge in [0.2, 0.25) is 0 Å². The van der Waals surface area contributed by atoms with Gasteiger partial charge in [-0.15, -0.1) is 0 Å². The zero-order valence-corrected chi connectivity index (χ0v) is 12.6. The molecule has 2 unspecified atom stereocenters. The molecule has 2 heterocycles. The van der Waals surface area contributed by atoms with Crippen LogP contribution < -0.4 is 5.73 Å². The number of nitrogens with two attached hydrogens (primary N) is 1. The van der Waals surface area contributed by atoms with E-state index in [-0.39, 0.29) is 0 Å². The molecule has 0 aromatic heterocycles. The standard InChI is InChI=1S/C17H27N3/c1-14-12-20-11-3-5-17(20)13-19(14)10-2-4-15-6-8-16(18)9-7-15/h6-9,14,17H,2-5,10-13,18H2,1H3. The van der Waals surface area contributed by atoms with Crippen molar-refractivity contribution in [2.24, 2.45) is 0 Å². The summed E-state index contributed by atoms with van der Waals surface area (Å²) in [6.07, 6.45) is 5.22. The van der Waals surface area contributed by atoms with Crippen LogP contribution in [0.1, 0.15) is 31.7 Å². The lowest BCUT2D eigenvalue weighted by Gasteiger charge is -2.42. The summed E-state index contributed by atoms with van der Waals surface area (Å²) in [6.45, 7) is 7.50. The average Bonchev–Trinajstić information content (AvgIpc) is 2.88. The largest absolute Gasteiger partial charge is 0.399 e. The van der Waals surface area contributed by atoms with Gasteiger partial charge in [0.1, 0.15) is 0 Å². The van der Waals surface area contributed by atoms with Crippen LogP contribution in [0, 0.1) is 0 Å². The van der Waals surface area contributed by atoms with Gasteiger partial charge in [-0.1, -0.05) is 12.1 Å². The van der Waals surface area contributed by atoms with Crippen LogP contribution in [0.15, 0.2) is 24.3 Å². The number of piperazine rings is 1. The van der Waals surface area contributed by atoms with Gasteiger partial charge in [-0.25, -0.2) is 0 Å². The molecule has 1 aromatic rings. The van der Waals surface area contributed by atoms with E-state index < -0.39 is 0 Å². The van der Waals surface area contributed by atoms with E-state index in [1.165, 1.54) is 51.0 Å². The van der Waals surface area contributed by atoms with Crippen molar-refractivity contribution in [3.8, 4) is 0 Å². The van der Waals surface area contributed by atoms with Gasteiger partial charge in [-0.2, -0.15) is 0 Å². The van der Waals surface area contributed by atoms with E-state index in [4.69, 9.17) is 5.73 Å². The van der Waals surface area contributed by atoms with Crippen LogP contribution in [0.4, 0.5) is 5.69 Å². The number of fused-ring (bicyclic) bond motifs is 1. The molecular weight excluding hydrogens is 246 g/mol. The highest BCUT2D eigenvalue weighted by atomic mass is 15.3. The molecule has 3 nitrogen and oxygen atoms in total. The van der Waals surface area contributed by atoms with Crippen LogP contribution in [0.3, 0.4) is 0 Å². The van der Waals surface area contributed by atoms with Crippen LogP contribution in [0.25, 0.3) is 0 Å². The minimum Gasteiger partial charge on any atom is -0.399 e. The summed E-state index contributed by atoms with van der Waals surface area (Å²) in [5.41, 5.74) is 8.00. The molecule has 2 fully saturated rings. The number of rotatable bonds is 4. The first-order valence-electron chi connectivity index (χ1n) is 8.05. The maximum absolute atomic E-state index is 5.73. The van der Waals surface area contributed by atoms with Crippen molar-refractivity contribution in [2.75, 3.05) is 31.9 Å². The van der Waals surface area contributed by atoms with Crippen LogP contribution in [0.2, 0.25) is 0 Å². The zero-order chi connectivity index (χ0) is 13.9. The van der Waals surface area contributed by atoms with Crippen LogP contribution in [-0.2, 0) is 6.42 Å². The molecule has 0 bridgehead atoms. The predicted octanol–water partition coefficient (Wildman–Crippen LogP) is 2.37. The van der Waals surface area contributed by atoms with Gasteiger partial charge >= 0.3 is 0 Å². The zero-order valence-electron chi connectivity index (χ0n) is 12.6. The molecule has 2 N–H and O–H groups in total. The lowest BCUT2D eigenvalue weighted by molar-refractivity contribution is 0.0589. The van der Waals surface area contributed by atoms with E-state index in [1.54, 1.807) is 0 Å². The smallest absolute Gasteiger partial charge is 0.0314 e. The summed E-state index contributed by atoms with van der Waals surface area (Å²) in [4.78, 5) is 5.39. The molecule has 0 spiro atoms. The van der Waals surface area contributed by atoms with E-state index in [9.17, 15) is 0 Å². The maximum Gasteiger partial charge on any atom is 0.0314 e. The van der Waals surface area contributed by atoms with Gasteiger partial charge < -0.3 is 5.73 Å². The van der Waals surface area contributed by atoms with E-state index in [1.807, 2.05) is 12.1 Å². The lowest BCUT2D eigenvalue weighted by atomic mass is 10.1. The quantitative estimate of drug-likeness (QED) is 0.855. The number of benzene rings is 1. The monoisotopic (exact) mass is 273 g/mol. The maximum atomic E-state index is 5.73. The first-order chi connectivity index (χ1) is 9.72. The van der Waals surface area contributed by atoms with Crippen LogP contribution >= 0.6 is 0 Å². The number of aryl methyl sites for hydroxylation is 1. The molecule has 2 aliphatic heterocycles. The number of hydrogen-bond donors (Lipinski definition) is 1. The van der Waals surface area contributed by atoms with E-state index in [0.717, 1.165) is 24.2 Å². The third-order valence-corrected chi connectivity index (χ3v) is 4.96. The Balaban J connectivity index is 1.47. The number of anilines is 1. The van der Waals surface area contributed by atoms with Crippen molar-refractivity contribution in [2.45, 2.75) is 44.7 Å². The molecule has 0 aliphatic carbocycles. The van der Waals surface area contributed by atoms with Crippen LogP contribution in [0.5, 0.6) is 0 Å². The molecule has 2 aliphatic rings. The highest BCUT2D eigenvalue weighted by Gasteiger charge is 2.33. The summed E-state index contributed by atoms with van der Waals surface area (Å²) in [5, 5.41) is 0. The van der Waals surface area contributed by atoms with Gasteiger partial charge in [-0.3, -0.25) is 9.80 Å². The molecule has 3 rings (SSSR count). The molecule has 3 heteroatoms. The minimum absolute atomic E-state index is 0.718. The van der Waals surface area contributed by atoms with Gasteiger partial charge in [-0.05, 0) is 63.4 Å². The van der Waals surface area contributed by atoms with Crippen molar-refractivity contribution in [1.29, 1.82) is 0 Å². The molecular formula is C17H27N3. The molecule has 2 saturated heterocycles. The molecule has 2 atom stereocenters. The van der Waals surface area contributed by atoms with Crippen molar-refractivity contribution in [3.05, 3.63) is 29.8 Å². The van der Waals surface area contributed by atoms with Crippen molar-refractivity contribution in [3.63, 3.8) is 0 Å². The van der Waals surface area contributed by atoms with Crippen LogP contribution in [-0.4, -0.2) is 48.1 Å². The second-order valence-electron chi connectivity index (χ2n) is 6.48. The molecule has 20 heavy (non-hydrogen) atoms. The highest BCUT2D eigenvalue weighted by molar-refractivity contribution is 5.39. The molecule has 0 amide bonds. The summed E-state index contributed by atoms with van der Waals surface area (Å²) in [5.74, 6) is 0. The second-order valence-corrected chi connectivity index (χ2v) is 6.48. The first kappa shape index (κ1) is 13.9. The Morgan fingerprint density at radius 3 is 2.80 bits per heavy atom. The van der Waals surface area contributed by atoms with Gasteiger partial charge in [0.25, 0.3) is 0 Å². The average molecular weight is 273 g/mol. The Morgan fingerprint density at radius 2 is 2.00 bits per heavy atom. The third kappa shape index (κ3) is 3.15.